The number of hydrogen-bond acceptors (Lipinski definition) is 4. The van der Waals surface area contributed by atoms with Crippen molar-refractivity contribution in [3.8, 4) is 0 Å². The second kappa shape index (κ2) is 3.88. The molecule has 2 rings (SSSR count). The second-order valence-corrected chi connectivity index (χ2v) is 5.09. The van der Waals surface area contributed by atoms with Crippen molar-refractivity contribution < 1.29 is 0 Å². The van der Waals surface area contributed by atoms with E-state index in [9.17, 15) is 0 Å². The van der Waals surface area contributed by atoms with E-state index in [0.717, 1.165) is 15.0 Å². The standard InChI is InChI=1S/C8H7BrN2S2/c9-5-3-7(12-4-5)8(10)6-1-2-13-11-6/h1-4,8H,10H2. The van der Waals surface area contributed by atoms with Gasteiger partial charge < -0.3 is 5.73 Å². The molecule has 0 amide bonds. The number of thiophene rings is 1. The highest BCUT2D eigenvalue weighted by Gasteiger charge is 2.12. The van der Waals surface area contributed by atoms with Crippen molar-refractivity contribution in [3.63, 3.8) is 0 Å². The molecule has 0 radical (unpaired) electrons. The molecule has 0 aliphatic carbocycles. The lowest BCUT2D eigenvalue weighted by molar-refractivity contribution is 0.866. The van der Waals surface area contributed by atoms with E-state index in [4.69, 9.17) is 5.73 Å². The zero-order chi connectivity index (χ0) is 9.26. The maximum absolute atomic E-state index is 6.01. The molecule has 5 heteroatoms. The van der Waals surface area contributed by atoms with E-state index in [1.54, 1.807) is 11.3 Å². The Hall–Kier alpha value is -0.230. The highest BCUT2D eigenvalue weighted by atomic mass is 79.9. The second-order valence-electron chi connectivity index (χ2n) is 2.57. The van der Waals surface area contributed by atoms with E-state index in [0.29, 0.717) is 0 Å². The van der Waals surface area contributed by atoms with Crippen LogP contribution in [0.2, 0.25) is 0 Å². The molecular formula is C8H7BrN2S2. The summed E-state index contributed by atoms with van der Waals surface area (Å²) in [5, 5.41) is 3.97. The molecule has 0 aliphatic rings. The molecule has 0 saturated carbocycles. The summed E-state index contributed by atoms with van der Waals surface area (Å²) in [5.74, 6) is 0. The highest BCUT2D eigenvalue weighted by molar-refractivity contribution is 9.10. The maximum atomic E-state index is 6.01. The third-order valence-corrected chi connectivity index (χ3v) is 4.02. The van der Waals surface area contributed by atoms with E-state index < -0.39 is 0 Å². The Morgan fingerprint density at radius 1 is 1.54 bits per heavy atom. The Morgan fingerprint density at radius 2 is 2.38 bits per heavy atom. The summed E-state index contributed by atoms with van der Waals surface area (Å²) in [6.45, 7) is 0. The quantitative estimate of drug-likeness (QED) is 0.915. The number of rotatable bonds is 2. The maximum Gasteiger partial charge on any atom is 0.0831 e. The molecular weight excluding hydrogens is 268 g/mol. The molecule has 2 N–H and O–H groups in total. The lowest BCUT2D eigenvalue weighted by atomic mass is 10.2. The number of aromatic nitrogens is 1. The topological polar surface area (TPSA) is 38.9 Å². The molecule has 13 heavy (non-hydrogen) atoms. The highest BCUT2D eigenvalue weighted by Crippen LogP contribution is 2.27. The van der Waals surface area contributed by atoms with Crippen molar-refractivity contribution in [2.45, 2.75) is 6.04 Å². The predicted molar refractivity (Wildman–Crippen MR) is 60.2 cm³/mol. The fourth-order valence-electron chi connectivity index (χ4n) is 1.02. The molecule has 0 aromatic carbocycles. The van der Waals surface area contributed by atoms with Gasteiger partial charge >= 0.3 is 0 Å². The average molecular weight is 275 g/mol. The predicted octanol–water partition coefficient (Wildman–Crippen LogP) is 3.02. The first kappa shape index (κ1) is 9.33. The summed E-state index contributed by atoms with van der Waals surface area (Å²) in [6, 6.07) is 3.92. The van der Waals surface area contributed by atoms with Crippen molar-refractivity contribution in [1.29, 1.82) is 0 Å². The third kappa shape index (κ3) is 1.99. The molecule has 2 aromatic heterocycles. The first-order chi connectivity index (χ1) is 6.27. The number of halogens is 1. The van der Waals surface area contributed by atoms with Gasteiger partial charge in [0.1, 0.15) is 0 Å². The SMILES string of the molecule is NC(c1ccsn1)c1cc(Br)cs1. The van der Waals surface area contributed by atoms with Crippen LogP contribution in [0.4, 0.5) is 0 Å². The van der Waals surface area contributed by atoms with Gasteiger partial charge in [0.15, 0.2) is 0 Å². The van der Waals surface area contributed by atoms with Crippen molar-refractivity contribution in [2.24, 2.45) is 5.73 Å². The molecule has 0 fully saturated rings. The van der Waals surface area contributed by atoms with Gasteiger partial charge in [0.25, 0.3) is 0 Å². The zero-order valence-electron chi connectivity index (χ0n) is 6.61. The molecule has 2 heterocycles. The molecule has 1 unspecified atom stereocenters. The monoisotopic (exact) mass is 274 g/mol. The summed E-state index contributed by atoms with van der Waals surface area (Å²) < 4.78 is 5.29. The molecule has 1 atom stereocenters. The third-order valence-electron chi connectivity index (χ3n) is 1.67. The van der Waals surface area contributed by atoms with Crippen molar-refractivity contribution in [1.82, 2.24) is 4.37 Å². The first-order valence-corrected chi connectivity index (χ1v) is 6.18. The Labute approximate surface area is 92.7 Å². The van der Waals surface area contributed by atoms with E-state index >= 15 is 0 Å². The van der Waals surface area contributed by atoms with Crippen molar-refractivity contribution in [3.05, 3.63) is 37.9 Å². The van der Waals surface area contributed by atoms with Gasteiger partial charge in [0.05, 0.1) is 11.7 Å². The van der Waals surface area contributed by atoms with Gasteiger partial charge in [-0.25, -0.2) is 0 Å². The summed E-state index contributed by atoms with van der Waals surface area (Å²) >= 11 is 6.48. The Bertz CT molecular complexity index is 383. The van der Waals surface area contributed by atoms with E-state index in [-0.39, 0.29) is 6.04 Å². The lowest BCUT2D eigenvalue weighted by Gasteiger charge is -2.04. The van der Waals surface area contributed by atoms with Crippen LogP contribution in [0.3, 0.4) is 0 Å². The van der Waals surface area contributed by atoms with Crippen molar-refractivity contribution >= 4 is 38.8 Å². The van der Waals surface area contributed by atoms with Gasteiger partial charge in [-0.2, -0.15) is 4.37 Å². The lowest BCUT2D eigenvalue weighted by Crippen LogP contribution is -2.09. The van der Waals surface area contributed by atoms with Crippen LogP contribution in [-0.2, 0) is 0 Å². The summed E-state index contributed by atoms with van der Waals surface area (Å²) in [4.78, 5) is 1.14. The number of nitrogens with zero attached hydrogens (tertiary/aromatic N) is 1. The molecule has 2 nitrogen and oxygen atoms in total. The van der Waals surface area contributed by atoms with Gasteiger partial charge in [-0.3, -0.25) is 0 Å². The minimum Gasteiger partial charge on any atom is -0.318 e. The van der Waals surface area contributed by atoms with Crippen LogP contribution in [0, 0.1) is 0 Å². The smallest absolute Gasteiger partial charge is 0.0831 e. The summed E-state index contributed by atoms with van der Waals surface area (Å²) in [7, 11) is 0. The van der Waals surface area contributed by atoms with Crippen LogP contribution in [0.25, 0.3) is 0 Å². The van der Waals surface area contributed by atoms with E-state index in [2.05, 4.69) is 20.3 Å². The average Bonchev–Trinajstić information content (AvgIpc) is 2.72. The summed E-state index contributed by atoms with van der Waals surface area (Å²) in [6.07, 6.45) is 0. The minimum absolute atomic E-state index is 0.0810. The van der Waals surface area contributed by atoms with E-state index in [1.165, 1.54) is 11.5 Å². The molecule has 0 bridgehead atoms. The Balaban J connectivity index is 2.28. The Morgan fingerprint density at radius 3 is 2.92 bits per heavy atom. The minimum atomic E-state index is -0.0810. The van der Waals surface area contributed by atoms with Gasteiger partial charge in [-0.15, -0.1) is 11.3 Å². The van der Waals surface area contributed by atoms with Crippen LogP contribution >= 0.6 is 38.8 Å². The van der Waals surface area contributed by atoms with Crippen LogP contribution in [0.1, 0.15) is 16.6 Å². The van der Waals surface area contributed by atoms with Crippen molar-refractivity contribution in [2.75, 3.05) is 0 Å². The van der Waals surface area contributed by atoms with Gasteiger partial charge in [0, 0.05) is 20.1 Å². The Kier molecular flexibility index (Phi) is 2.78. The molecule has 68 valence electrons. The molecule has 0 spiro atoms. The fourth-order valence-corrected chi connectivity index (χ4v) is 3.03. The van der Waals surface area contributed by atoms with Crippen LogP contribution < -0.4 is 5.73 Å². The van der Waals surface area contributed by atoms with E-state index in [1.807, 2.05) is 22.9 Å². The summed E-state index contributed by atoms with van der Waals surface area (Å²) in [5.41, 5.74) is 6.95. The largest absolute Gasteiger partial charge is 0.318 e. The van der Waals surface area contributed by atoms with Crippen LogP contribution in [0.5, 0.6) is 0 Å². The van der Waals surface area contributed by atoms with Gasteiger partial charge in [-0.1, -0.05) is 0 Å². The zero-order valence-corrected chi connectivity index (χ0v) is 9.82. The fraction of sp³-hybridized carbons (Fsp3) is 0.125. The molecule has 0 saturated heterocycles. The number of nitrogens with two attached hydrogens (primary N) is 1. The van der Waals surface area contributed by atoms with Gasteiger partial charge in [-0.05, 0) is 39.6 Å². The number of hydrogen-bond donors (Lipinski definition) is 1. The van der Waals surface area contributed by atoms with Crippen LogP contribution in [0.15, 0.2) is 27.4 Å². The normalized spacial score (nSPS) is 13.1. The molecule has 0 aliphatic heterocycles. The van der Waals surface area contributed by atoms with Gasteiger partial charge in [0.2, 0.25) is 0 Å². The molecule has 2 aromatic rings. The van der Waals surface area contributed by atoms with Crippen LogP contribution in [-0.4, -0.2) is 4.37 Å². The first-order valence-electron chi connectivity index (χ1n) is 3.67.